The fourth-order valence-corrected chi connectivity index (χ4v) is 3.87. The molecule has 4 aromatic rings. The Kier molecular flexibility index (Phi) is 4.97. The van der Waals surface area contributed by atoms with E-state index >= 15 is 0 Å². The van der Waals surface area contributed by atoms with Gasteiger partial charge in [0.25, 0.3) is 5.91 Å². The molecule has 0 bridgehead atoms. The molecule has 140 valence electrons. The molecule has 2 N–H and O–H groups in total. The van der Waals surface area contributed by atoms with Gasteiger partial charge >= 0.3 is 0 Å². The Morgan fingerprint density at radius 2 is 1.89 bits per heavy atom. The van der Waals surface area contributed by atoms with Crippen LogP contribution in [-0.2, 0) is 4.79 Å². The maximum atomic E-state index is 12.5. The van der Waals surface area contributed by atoms with Crippen molar-refractivity contribution in [2.24, 2.45) is 0 Å². The number of fused-ring (bicyclic) bond motifs is 1. The Hall–Kier alpha value is -2.97. The number of halogens is 1. The van der Waals surface area contributed by atoms with Crippen molar-refractivity contribution in [3.8, 4) is 11.3 Å². The van der Waals surface area contributed by atoms with Crippen molar-refractivity contribution >= 4 is 60.9 Å². The highest BCUT2D eigenvalue weighted by Crippen LogP contribution is 2.29. The SMILES string of the molecule is CC(=O)Nc1ccc(-c2csc(NC(=O)c3cc4cccc(Br)c4o3)n2)cc1. The number of hydrogen-bond donors (Lipinski definition) is 2. The molecule has 2 aromatic heterocycles. The smallest absolute Gasteiger partial charge is 0.293 e. The second-order valence-electron chi connectivity index (χ2n) is 6.02. The highest BCUT2D eigenvalue weighted by Gasteiger charge is 2.15. The molecule has 8 heteroatoms. The number of nitrogens with one attached hydrogen (secondary N) is 2. The molecule has 2 aromatic carbocycles. The number of furan rings is 1. The average Bonchev–Trinajstić information content (AvgIpc) is 3.30. The number of benzene rings is 2. The third-order valence-electron chi connectivity index (χ3n) is 3.95. The molecule has 2 amide bonds. The molecule has 6 nitrogen and oxygen atoms in total. The molecule has 2 heterocycles. The lowest BCUT2D eigenvalue weighted by atomic mass is 10.1. The van der Waals surface area contributed by atoms with Crippen LogP contribution in [-0.4, -0.2) is 16.8 Å². The minimum absolute atomic E-state index is 0.121. The van der Waals surface area contributed by atoms with Gasteiger partial charge in [-0.25, -0.2) is 4.98 Å². The highest BCUT2D eigenvalue weighted by molar-refractivity contribution is 9.10. The van der Waals surface area contributed by atoms with Crippen LogP contribution in [0.2, 0.25) is 0 Å². The predicted octanol–water partition coefficient (Wildman–Crippen LogP) is 5.53. The van der Waals surface area contributed by atoms with Gasteiger partial charge in [-0.2, -0.15) is 0 Å². The predicted molar refractivity (Wildman–Crippen MR) is 114 cm³/mol. The third-order valence-corrected chi connectivity index (χ3v) is 5.33. The number of rotatable bonds is 4. The molecular weight excluding hydrogens is 442 g/mol. The summed E-state index contributed by atoms with van der Waals surface area (Å²) in [5, 5.41) is 8.67. The second kappa shape index (κ2) is 7.57. The quantitative estimate of drug-likeness (QED) is 0.423. The summed E-state index contributed by atoms with van der Waals surface area (Å²) in [6.07, 6.45) is 0. The van der Waals surface area contributed by atoms with Crippen LogP contribution in [0.1, 0.15) is 17.5 Å². The Labute approximate surface area is 172 Å². The van der Waals surface area contributed by atoms with Crippen LogP contribution in [0, 0.1) is 0 Å². The van der Waals surface area contributed by atoms with Crippen molar-refractivity contribution in [3.05, 3.63) is 64.1 Å². The summed E-state index contributed by atoms with van der Waals surface area (Å²) in [6.45, 7) is 1.46. The lowest BCUT2D eigenvalue weighted by molar-refractivity contribution is -0.114. The molecule has 0 radical (unpaired) electrons. The number of amides is 2. The normalized spacial score (nSPS) is 10.8. The lowest BCUT2D eigenvalue weighted by Crippen LogP contribution is -2.10. The number of carbonyl (C=O) groups excluding carboxylic acids is 2. The minimum Gasteiger partial charge on any atom is -0.450 e. The summed E-state index contributed by atoms with van der Waals surface area (Å²) in [5.41, 5.74) is 2.98. The van der Waals surface area contributed by atoms with Crippen LogP contribution >= 0.6 is 27.3 Å². The summed E-state index contributed by atoms with van der Waals surface area (Å²) in [6, 6.07) is 14.7. The molecule has 0 unspecified atom stereocenters. The molecule has 4 rings (SSSR count). The lowest BCUT2D eigenvalue weighted by Gasteiger charge is -2.02. The molecular formula is C20H14BrN3O3S. The molecule has 28 heavy (non-hydrogen) atoms. The molecule has 0 aliphatic heterocycles. The summed E-state index contributed by atoms with van der Waals surface area (Å²) < 4.78 is 6.45. The molecule has 0 aliphatic rings. The number of para-hydroxylation sites is 1. The molecule has 0 aliphatic carbocycles. The van der Waals surface area contributed by atoms with Crippen LogP contribution in [0.5, 0.6) is 0 Å². The topological polar surface area (TPSA) is 84.2 Å². The van der Waals surface area contributed by atoms with E-state index in [4.69, 9.17) is 4.42 Å². The summed E-state index contributed by atoms with van der Waals surface area (Å²) in [5.74, 6) is -0.257. The summed E-state index contributed by atoms with van der Waals surface area (Å²) in [7, 11) is 0. The molecule has 0 fully saturated rings. The first kappa shape index (κ1) is 18.4. The second-order valence-corrected chi connectivity index (χ2v) is 7.73. The molecule has 0 spiro atoms. The van der Waals surface area contributed by atoms with E-state index < -0.39 is 0 Å². The number of nitrogens with zero attached hydrogens (tertiary/aromatic N) is 1. The molecule has 0 saturated heterocycles. The molecule has 0 saturated carbocycles. The van der Waals surface area contributed by atoms with Crippen LogP contribution in [0.4, 0.5) is 10.8 Å². The van der Waals surface area contributed by atoms with E-state index in [1.807, 2.05) is 35.7 Å². The Bertz CT molecular complexity index is 1180. The van der Waals surface area contributed by atoms with Crippen molar-refractivity contribution in [1.82, 2.24) is 4.98 Å². The fourth-order valence-electron chi connectivity index (χ4n) is 2.69. The zero-order valence-corrected chi connectivity index (χ0v) is 17.1. The third kappa shape index (κ3) is 3.83. The minimum atomic E-state index is -0.356. The van der Waals surface area contributed by atoms with E-state index in [2.05, 4.69) is 31.5 Å². The van der Waals surface area contributed by atoms with Gasteiger partial charge in [-0.1, -0.05) is 24.3 Å². The zero-order valence-electron chi connectivity index (χ0n) is 14.7. The standard InChI is InChI=1S/C20H14BrN3O3S/c1-11(25)22-14-7-5-12(6-8-14)16-10-28-20(23-16)24-19(26)17-9-13-3-2-4-15(21)18(13)27-17/h2-10H,1H3,(H,22,25)(H,23,24,26). The maximum Gasteiger partial charge on any atom is 0.293 e. The number of aromatic nitrogens is 1. The Balaban J connectivity index is 1.50. The van der Waals surface area contributed by atoms with Crippen LogP contribution in [0.25, 0.3) is 22.2 Å². The van der Waals surface area contributed by atoms with Gasteiger partial charge < -0.3 is 9.73 Å². The van der Waals surface area contributed by atoms with E-state index in [-0.39, 0.29) is 17.6 Å². The van der Waals surface area contributed by atoms with E-state index in [1.165, 1.54) is 18.3 Å². The summed E-state index contributed by atoms with van der Waals surface area (Å²) >= 11 is 4.74. The first-order chi connectivity index (χ1) is 13.5. The van der Waals surface area contributed by atoms with Crippen molar-refractivity contribution in [2.45, 2.75) is 6.92 Å². The van der Waals surface area contributed by atoms with Crippen molar-refractivity contribution in [3.63, 3.8) is 0 Å². The number of hydrogen-bond acceptors (Lipinski definition) is 5. The van der Waals surface area contributed by atoms with Crippen LogP contribution < -0.4 is 10.6 Å². The fraction of sp³-hybridized carbons (Fsp3) is 0.0500. The van der Waals surface area contributed by atoms with E-state index in [0.717, 1.165) is 26.8 Å². The van der Waals surface area contributed by atoms with Gasteiger partial charge in [0.05, 0.1) is 10.2 Å². The number of thiazole rings is 1. The monoisotopic (exact) mass is 455 g/mol. The van der Waals surface area contributed by atoms with Gasteiger partial charge in [0.2, 0.25) is 5.91 Å². The Morgan fingerprint density at radius 1 is 1.11 bits per heavy atom. The van der Waals surface area contributed by atoms with E-state index in [0.29, 0.717) is 10.7 Å². The van der Waals surface area contributed by atoms with Crippen molar-refractivity contribution in [2.75, 3.05) is 10.6 Å². The highest BCUT2D eigenvalue weighted by atomic mass is 79.9. The van der Waals surface area contributed by atoms with Crippen LogP contribution in [0.3, 0.4) is 0 Å². The first-order valence-electron chi connectivity index (χ1n) is 8.32. The van der Waals surface area contributed by atoms with Gasteiger partial charge in [0.15, 0.2) is 10.9 Å². The van der Waals surface area contributed by atoms with E-state index in [1.54, 1.807) is 18.2 Å². The van der Waals surface area contributed by atoms with Crippen LogP contribution in [0.15, 0.2) is 62.8 Å². The Morgan fingerprint density at radius 3 is 2.61 bits per heavy atom. The number of anilines is 2. The molecule has 0 atom stereocenters. The average molecular weight is 456 g/mol. The first-order valence-corrected chi connectivity index (χ1v) is 10.00. The van der Waals surface area contributed by atoms with E-state index in [9.17, 15) is 9.59 Å². The van der Waals surface area contributed by atoms with Gasteiger partial charge in [-0.15, -0.1) is 11.3 Å². The van der Waals surface area contributed by atoms with Gasteiger partial charge in [-0.05, 0) is 40.2 Å². The van der Waals surface area contributed by atoms with Gasteiger partial charge in [-0.3, -0.25) is 14.9 Å². The largest absolute Gasteiger partial charge is 0.450 e. The van der Waals surface area contributed by atoms with Crippen molar-refractivity contribution in [1.29, 1.82) is 0 Å². The van der Waals surface area contributed by atoms with Gasteiger partial charge in [0, 0.05) is 28.9 Å². The summed E-state index contributed by atoms with van der Waals surface area (Å²) in [4.78, 5) is 28.0. The van der Waals surface area contributed by atoms with Crippen molar-refractivity contribution < 1.29 is 14.0 Å². The zero-order chi connectivity index (χ0) is 19.7. The maximum absolute atomic E-state index is 12.5. The number of carbonyl (C=O) groups is 2. The van der Waals surface area contributed by atoms with Gasteiger partial charge in [0.1, 0.15) is 5.58 Å².